The molecule has 0 aromatic carbocycles. The summed E-state index contributed by atoms with van der Waals surface area (Å²) >= 11 is 0. The first-order chi connectivity index (χ1) is 10.5. The Morgan fingerprint density at radius 1 is 1.41 bits per heavy atom. The molecule has 118 valence electrons. The van der Waals surface area contributed by atoms with Gasteiger partial charge in [0.2, 0.25) is 0 Å². The molecule has 2 aromatic rings. The fourth-order valence-corrected chi connectivity index (χ4v) is 2.81. The van der Waals surface area contributed by atoms with E-state index >= 15 is 0 Å². The molecule has 1 amide bonds. The van der Waals surface area contributed by atoms with Crippen molar-refractivity contribution in [1.82, 2.24) is 25.5 Å². The lowest BCUT2D eigenvalue weighted by Crippen LogP contribution is -2.32. The van der Waals surface area contributed by atoms with E-state index in [9.17, 15) is 4.79 Å². The van der Waals surface area contributed by atoms with E-state index in [2.05, 4.69) is 25.5 Å². The molecule has 0 spiro atoms. The van der Waals surface area contributed by atoms with Crippen molar-refractivity contribution in [2.75, 3.05) is 6.54 Å². The minimum Gasteiger partial charge on any atom is -0.365 e. The van der Waals surface area contributed by atoms with Gasteiger partial charge < -0.3 is 15.0 Å². The number of hydrogen-bond acceptors (Lipinski definition) is 4. The molecule has 0 unspecified atom stereocenters. The molecule has 1 saturated heterocycles. The molecule has 0 radical (unpaired) electrons. The number of carbonyl (C=O) groups is 1. The van der Waals surface area contributed by atoms with Gasteiger partial charge in [0.1, 0.15) is 17.6 Å². The van der Waals surface area contributed by atoms with Gasteiger partial charge >= 0.3 is 0 Å². The molecule has 1 aliphatic heterocycles. The summed E-state index contributed by atoms with van der Waals surface area (Å²) in [7, 11) is 0. The second-order valence-electron chi connectivity index (χ2n) is 5.82. The Labute approximate surface area is 128 Å². The van der Waals surface area contributed by atoms with Crippen molar-refractivity contribution in [1.29, 1.82) is 0 Å². The van der Waals surface area contributed by atoms with Crippen LogP contribution in [0.1, 0.15) is 52.3 Å². The van der Waals surface area contributed by atoms with Crippen LogP contribution in [0.5, 0.6) is 0 Å². The van der Waals surface area contributed by atoms with Crippen LogP contribution in [0.3, 0.4) is 0 Å². The Balaban J connectivity index is 1.52. The SMILES string of the molecule is Cc1cc(C)c(C(=O)NC[C@H]2CC[C@@H](c3n[nH]c(C)n3)O2)[nH]1. The van der Waals surface area contributed by atoms with Crippen molar-refractivity contribution >= 4 is 5.91 Å². The van der Waals surface area contributed by atoms with Gasteiger partial charge in [0.05, 0.1) is 6.10 Å². The molecular formula is C15H21N5O2. The molecule has 3 heterocycles. The Morgan fingerprint density at radius 3 is 2.86 bits per heavy atom. The first kappa shape index (κ1) is 14.8. The molecule has 3 rings (SSSR count). The van der Waals surface area contributed by atoms with Gasteiger partial charge in [-0.1, -0.05) is 0 Å². The van der Waals surface area contributed by atoms with E-state index in [1.54, 1.807) is 0 Å². The van der Waals surface area contributed by atoms with Crippen LogP contribution in [-0.4, -0.2) is 38.7 Å². The maximum atomic E-state index is 12.2. The van der Waals surface area contributed by atoms with E-state index in [0.29, 0.717) is 18.1 Å². The number of nitrogens with zero attached hydrogens (tertiary/aromatic N) is 2. The van der Waals surface area contributed by atoms with Crippen molar-refractivity contribution in [2.45, 2.75) is 45.8 Å². The molecule has 0 saturated carbocycles. The molecular weight excluding hydrogens is 282 g/mol. The van der Waals surface area contributed by atoms with E-state index in [1.807, 2.05) is 26.8 Å². The van der Waals surface area contributed by atoms with Gasteiger partial charge in [-0.05, 0) is 45.2 Å². The molecule has 3 N–H and O–H groups in total. The highest BCUT2D eigenvalue weighted by atomic mass is 16.5. The zero-order valence-corrected chi connectivity index (χ0v) is 13.1. The van der Waals surface area contributed by atoms with Gasteiger partial charge in [0.15, 0.2) is 5.82 Å². The normalized spacial score (nSPS) is 21.2. The molecule has 2 aromatic heterocycles. The summed E-state index contributed by atoms with van der Waals surface area (Å²) in [5.41, 5.74) is 2.56. The third kappa shape index (κ3) is 3.04. The predicted molar refractivity (Wildman–Crippen MR) is 80.6 cm³/mol. The quantitative estimate of drug-likeness (QED) is 0.801. The van der Waals surface area contributed by atoms with E-state index in [-0.39, 0.29) is 18.1 Å². The van der Waals surface area contributed by atoms with Gasteiger partial charge in [-0.25, -0.2) is 4.98 Å². The summed E-state index contributed by atoms with van der Waals surface area (Å²) in [6.07, 6.45) is 1.69. The highest BCUT2D eigenvalue weighted by Gasteiger charge is 2.29. The van der Waals surface area contributed by atoms with Gasteiger partial charge in [-0.3, -0.25) is 9.89 Å². The van der Waals surface area contributed by atoms with E-state index in [0.717, 1.165) is 29.9 Å². The fraction of sp³-hybridized carbons (Fsp3) is 0.533. The number of aromatic amines is 2. The number of amides is 1. The van der Waals surface area contributed by atoms with Crippen LogP contribution in [0.25, 0.3) is 0 Å². The number of aromatic nitrogens is 4. The summed E-state index contributed by atoms with van der Waals surface area (Å²) in [6, 6.07) is 1.96. The number of carbonyl (C=O) groups excluding carboxylic acids is 1. The Hall–Kier alpha value is -2.15. The first-order valence-corrected chi connectivity index (χ1v) is 7.51. The van der Waals surface area contributed by atoms with Crippen LogP contribution in [0.4, 0.5) is 0 Å². The van der Waals surface area contributed by atoms with Gasteiger partial charge in [-0.2, -0.15) is 5.10 Å². The van der Waals surface area contributed by atoms with Crippen molar-refractivity contribution in [2.24, 2.45) is 0 Å². The molecule has 0 aliphatic carbocycles. The maximum absolute atomic E-state index is 12.2. The third-order valence-corrected chi connectivity index (χ3v) is 3.88. The lowest BCUT2D eigenvalue weighted by Gasteiger charge is -2.12. The standard InChI is InChI=1S/C15H21N5O2/c1-8-6-9(2)17-13(8)15(21)16-7-11-4-5-12(22-11)14-18-10(3)19-20-14/h6,11-12,17H,4-5,7H2,1-3H3,(H,16,21)(H,18,19,20)/t11-,12+/m1/s1. The highest BCUT2D eigenvalue weighted by Crippen LogP contribution is 2.30. The topological polar surface area (TPSA) is 95.7 Å². The Bertz CT molecular complexity index is 675. The monoisotopic (exact) mass is 303 g/mol. The van der Waals surface area contributed by atoms with Crippen molar-refractivity contribution < 1.29 is 9.53 Å². The number of rotatable bonds is 4. The molecule has 0 bridgehead atoms. The molecule has 1 fully saturated rings. The first-order valence-electron chi connectivity index (χ1n) is 7.51. The molecule has 1 aliphatic rings. The fourth-order valence-electron chi connectivity index (χ4n) is 2.81. The Kier molecular flexibility index (Phi) is 3.98. The summed E-state index contributed by atoms with van der Waals surface area (Å²) in [4.78, 5) is 19.5. The van der Waals surface area contributed by atoms with E-state index < -0.39 is 0 Å². The third-order valence-electron chi connectivity index (χ3n) is 3.88. The van der Waals surface area contributed by atoms with E-state index in [1.165, 1.54) is 0 Å². The zero-order chi connectivity index (χ0) is 15.7. The number of nitrogens with one attached hydrogen (secondary N) is 3. The maximum Gasteiger partial charge on any atom is 0.268 e. The van der Waals surface area contributed by atoms with Gasteiger partial charge in [-0.15, -0.1) is 0 Å². The lowest BCUT2D eigenvalue weighted by molar-refractivity contribution is 0.0391. The van der Waals surface area contributed by atoms with Gasteiger partial charge in [0.25, 0.3) is 5.91 Å². The number of H-pyrrole nitrogens is 2. The molecule has 7 nitrogen and oxygen atoms in total. The van der Waals surface area contributed by atoms with Crippen molar-refractivity contribution in [3.8, 4) is 0 Å². The van der Waals surface area contributed by atoms with Crippen molar-refractivity contribution in [3.05, 3.63) is 34.7 Å². The minimum atomic E-state index is -0.0913. The van der Waals surface area contributed by atoms with Gasteiger partial charge in [0, 0.05) is 12.2 Å². The zero-order valence-electron chi connectivity index (χ0n) is 13.1. The van der Waals surface area contributed by atoms with E-state index in [4.69, 9.17) is 4.74 Å². The molecule has 22 heavy (non-hydrogen) atoms. The Morgan fingerprint density at radius 2 is 2.23 bits per heavy atom. The van der Waals surface area contributed by atoms with Crippen LogP contribution < -0.4 is 5.32 Å². The summed E-state index contributed by atoms with van der Waals surface area (Å²) in [5.74, 6) is 1.39. The highest BCUT2D eigenvalue weighted by molar-refractivity contribution is 5.94. The largest absolute Gasteiger partial charge is 0.365 e. The predicted octanol–water partition coefficient (Wildman–Crippen LogP) is 1.71. The van der Waals surface area contributed by atoms with Crippen LogP contribution >= 0.6 is 0 Å². The number of hydrogen-bond donors (Lipinski definition) is 3. The number of ether oxygens (including phenoxy) is 1. The average Bonchev–Trinajstić information content (AvgIpc) is 3.16. The summed E-state index contributed by atoms with van der Waals surface area (Å²) in [6.45, 7) is 6.22. The van der Waals surface area contributed by atoms with Crippen LogP contribution in [-0.2, 0) is 4.74 Å². The van der Waals surface area contributed by atoms with Crippen LogP contribution in [0.15, 0.2) is 6.07 Å². The number of aryl methyl sites for hydroxylation is 3. The second-order valence-corrected chi connectivity index (χ2v) is 5.82. The average molecular weight is 303 g/mol. The minimum absolute atomic E-state index is 0.00382. The molecule has 7 heteroatoms. The summed E-state index contributed by atoms with van der Waals surface area (Å²) < 4.78 is 5.91. The summed E-state index contributed by atoms with van der Waals surface area (Å²) in [5, 5.41) is 9.89. The van der Waals surface area contributed by atoms with Crippen molar-refractivity contribution in [3.63, 3.8) is 0 Å². The lowest BCUT2D eigenvalue weighted by atomic mass is 10.2. The van der Waals surface area contributed by atoms with Crippen LogP contribution in [0, 0.1) is 20.8 Å². The molecule has 2 atom stereocenters. The van der Waals surface area contributed by atoms with Crippen LogP contribution in [0.2, 0.25) is 0 Å². The smallest absolute Gasteiger partial charge is 0.268 e. The second kappa shape index (κ2) is 5.92.